The number of nitrogens with zero attached hydrogens (tertiary/aromatic N) is 2. The van der Waals surface area contributed by atoms with Gasteiger partial charge in [0.1, 0.15) is 5.75 Å². The van der Waals surface area contributed by atoms with E-state index in [1.165, 1.54) is 12.7 Å². The molecule has 0 saturated carbocycles. The van der Waals surface area contributed by atoms with Crippen molar-refractivity contribution in [2.24, 2.45) is 0 Å². The summed E-state index contributed by atoms with van der Waals surface area (Å²) in [5.74, 6) is 0.893. The van der Waals surface area contributed by atoms with Crippen molar-refractivity contribution in [1.29, 1.82) is 0 Å². The molecule has 0 aromatic heterocycles. The van der Waals surface area contributed by atoms with Crippen LogP contribution >= 0.6 is 0 Å². The molecule has 0 N–H and O–H groups in total. The summed E-state index contributed by atoms with van der Waals surface area (Å²) < 4.78 is 36.1. The highest BCUT2D eigenvalue weighted by Gasteiger charge is 2.28. The second-order valence-electron chi connectivity index (χ2n) is 5.70. The summed E-state index contributed by atoms with van der Waals surface area (Å²) in [5.41, 5.74) is 1.18. The van der Waals surface area contributed by atoms with E-state index in [-0.39, 0.29) is 18.4 Å². The average molecular weight is 342 g/mol. The first-order valence-corrected chi connectivity index (χ1v) is 9.43. The van der Waals surface area contributed by atoms with Gasteiger partial charge in [-0.3, -0.25) is 4.90 Å². The van der Waals surface area contributed by atoms with Crippen molar-refractivity contribution < 1.29 is 17.9 Å². The SMILES string of the molecule is COCCS(=O)(=O)N1CCN(C(C)c2cccc(OC)c2)CC1. The summed E-state index contributed by atoms with van der Waals surface area (Å²) in [6, 6.07) is 8.25. The summed E-state index contributed by atoms with van der Waals surface area (Å²) >= 11 is 0. The number of hydrogen-bond acceptors (Lipinski definition) is 5. The van der Waals surface area contributed by atoms with Crippen molar-refractivity contribution in [1.82, 2.24) is 9.21 Å². The van der Waals surface area contributed by atoms with Crippen molar-refractivity contribution >= 4 is 10.0 Å². The lowest BCUT2D eigenvalue weighted by Crippen LogP contribution is -2.50. The number of ether oxygens (including phenoxy) is 2. The maximum absolute atomic E-state index is 12.2. The molecule has 1 atom stereocenters. The fraction of sp³-hybridized carbons (Fsp3) is 0.625. The van der Waals surface area contributed by atoms with E-state index in [0.29, 0.717) is 13.1 Å². The molecule has 1 unspecified atom stereocenters. The summed E-state index contributed by atoms with van der Waals surface area (Å²) in [5, 5.41) is 0. The Morgan fingerprint density at radius 2 is 1.87 bits per heavy atom. The van der Waals surface area contributed by atoms with E-state index in [2.05, 4.69) is 17.9 Å². The minimum absolute atomic E-state index is 0.0505. The fourth-order valence-electron chi connectivity index (χ4n) is 2.80. The third kappa shape index (κ3) is 4.67. The topological polar surface area (TPSA) is 59.1 Å². The highest BCUT2D eigenvalue weighted by atomic mass is 32.2. The van der Waals surface area contributed by atoms with Gasteiger partial charge in [-0.1, -0.05) is 12.1 Å². The molecule has 0 aliphatic carbocycles. The van der Waals surface area contributed by atoms with Gasteiger partial charge in [-0.05, 0) is 24.6 Å². The standard InChI is InChI=1S/C16H26N2O4S/c1-14(15-5-4-6-16(13-15)22-3)17-7-9-18(10-8-17)23(19,20)12-11-21-2/h4-6,13-14H,7-12H2,1-3H3. The summed E-state index contributed by atoms with van der Waals surface area (Å²) in [6.07, 6.45) is 0. The van der Waals surface area contributed by atoms with E-state index < -0.39 is 10.0 Å². The zero-order chi connectivity index (χ0) is 16.9. The van der Waals surface area contributed by atoms with Crippen molar-refractivity contribution in [2.45, 2.75) is 13.0 Å². The second-order valence-corrected chi connectivity index (χ2v) is 7.78. The van der Waals surface area contributed by atoms with Crippen LogP contribution in [0.1, 0.15) is 18.5 Å². The first kappa shape index (κ1) is 18.2. The van der Waals surface area contributed by atoms with Crippen molar-refractivity contribution in [3.63, 3.8) is 0 Å². The molecule has 1 heterocycles. The molecule has 0 radical (unpaired) electrons. The molecule has 2 rings (SSSR count). The Labute approximate surface area is 139 Å². The molecule has 0 bridgehead atoms. The van der Waals surface area contributed by atoms with E-state index in [0.717, 1.165) is 18.8 Å². The largest absolute Gasteiger partial charge is 0.497 e. The van der Waals surface area contributed by atoms with Crippen LogP contribution in [0.5, 0.6) is 5.75 Å². The number of sulfonamides is 1. The van der Waals surface area contributed by atoms with Crippen LogP contribution < -0.4 is 4.74 Å². The molecule has 6 nitrogen and oxygen atoms in total. The third-order valence-electron chi connectivity index (χ3n) is 4.34. The van der Waals surface area contributed by atoms with E-state index in [9.17, 15) is 8.42 Å². The summed E-state index contributed by atoms with van der Waals surface area (Å²) in [7, 11) is -0.0310. The van der Waals surface area contributed by atoms with Gasteiger partial charge in [-0.25, -0.2) is 8.42 Å². The lowest BCUT2D eigenvalue weighted by Gasteiger charge is -2.37. The van der Waals surface area contributed by atoms with Gasteiger partial charge in [0.05, 0.1) is 19.5 Å². The van der Waals surface area contributed by atoms with E-state index >= 15 is 0 Å². The van der Waals surface area contributed by atoms with Crippen LogP contribution in [0.2, 0.25) is 0 Å². The van der Waals surface area contributed by atoms with E-state index in [1.807, 2.05) is 18.2 Å². The summed E-state index contributed by atoms with van der Waals surface area (Å²) in [6.45, 7) is 4.89. The Balaban J connectivity index is 1.95. The molecule has 1 aromatic rings. The number of rotatable bonds is 7. The van der Waals surface area contributed by atoms with Gasteiger partial charge in [0, 0.05) is 39.3 Å². The average Bonchev–Trinajstić information content (AvgIpc) is 2.59. The number of hydrogen-bond donors (Lipinski definition) is 0. The smallest absolute Gasteiger partial charge is 0.216 e. The zero-order valence-corrected chi connectivity index (χ0v) is 14.9. The normalized spacial score (nSPS) is 18.7. The molecule has 1 aliphatic heterocycles. The van der Waals surface area contributed by atoms with E-state index in [1.54, 1.807) is 11.4 Å². The van der Waals surface area contributed by atoms with Crippen LogP contribution in [-0.4, -0.2) is 70.4 Å². The minimum Gasteiger partial charge on any atom is -0.497 e. The van der Waals surface area contributed by atoms with Gasteiger partial charge in [-0.2, -0.15) is 4.31 Å². The van der Waals surface area contributed by atoms with Gasteiger partial charge in [0.25, 0.3) is 0 Å². The van der Waals surface area contributed by atoms with Crippen LogP contribution in [0.4, 0.5) is 0 Å². The number of benzene rings is 1. The maximum atomic E-state index is 12.2. The fourth-order valence-corrected chi connectivity index (χ4v) is 4.15. The quantitative estimate of drug-likeness (QED) is 0.749. The molecule has 0 amide bonds. The predicted molar refractivity (Wildman–Crippen MR) is 90.2 cm³/mol. The van der Waals surface area contributed by atoms with Crippen molar-refractivity contribution in [3.8, 4) is 5.75 Å². The Morgan fingerprint density at radius 1 is 1.17 bits per heavy atom. The second kappa shape index (κ2) is 8.10. The van der Waals surface area contributed by atoms with Gasteiger partial charge in [0.2, 0.25) is 10.0 Å². The van der Waals surface area contributed by atoms with Crippen LogP contribution in [-0.2, 0) is 14.8 Å². The molecule has 1 fully saturated rings. The highest BCUT2D eigenvalue weighted by Crippen LogP contribution is 2.25. The third-order valence-corrected chi connectivity index (χ3v) is 6.17. The molecular weight excluding hydrogens is 316 g/mol. The molecule has 0 spiro atoms. The Bertz CT molecular complexity index is 598. The monoisotopic (exact) mass is 342 g/mol. The maximum Gasteiger partial charge on any atom is 0.216 e. The van der Waals surface area contributed by atoms with Crippen molar-refractivity contribution in [2.75, 3.05) is 52.8 Å². The van der Waals surface area contributed by atoms with Gasteiger partial charge < -0.3 is 9.47 Å². The Hall–Kier alpha value is -1.15. The molecule has 7 heteroatoms. The van der Waals surface area contributed by atoms with Crippen LogP contribution in [0, 0.1) is 0 Å². The van der Waals surface area contributed by atoms with E-state index in [4.69, 9.17) is 9.47 Å². The summed E-state index contributed by atoms with van der Waals surface area (Å²) in [4.78, 5) is 2.30. The first-order chi connectivity index (χ1) is 11.0. The minimum atomic E-state index is -3.21. The first-order valence-electron chi connectivity index (χ1n) is 7.82. The molecule has 1 aromatic carbocycles. The Kier molecular flexibility index (Phi) is 6.41. The van der Waals surface area contributed by atoms with Gasteiger partial charge >= 0.3 is 0 Å². The van der Waals surface area contributed by atoms with Crippen LogP contribution in [0.15, 0.2) is 24.3 Å². The highest BCUT2D eigenvalue weighted by molar-refractivity contribution is 7.89. The molecule has 23 heavy (non-hydrogen) atoms. The number of piperazine rings is 1. The van der Waals surface area contributed by atoms with Gasteiger partial charge in [-0.15, -0.1) is 0 Å². The lowest BCUT2D eigenvalue weighted by atomic mass is 10.1. The Morgan fingerprint density at radius 3 is 2.48 bits per heavy atom. The lowest BCUT2D eigenvalue weighted by molar-refractivity contribution is 0.144. The van der Waals surface area contributed by atoms with Crippen molar-refractivity contribution in [3.05, 3.63) is 29.8 Å². The number of methoxy groups -OCH3 is 2. The molecule has 1 aliphatic rings. The zero-order valence-electron chi connectivity index (χ0n) is 14.1. The van der Waals surface area contributed by atoms with Gasteiger partial charge in [0.15, 0.2) is 0 Å². The predicted octanol–water partition coefficient (Wildman–Crippen LogP) is 1.35. The molecular formula is C16H26N2O4S. The van der Waals surface area contributed by atoms with Crippen LogP contribution in [0.3, 0.4) is 0 Å². The van der Waals surface area contributed by atoms with Crippen LogP contribution in [0.25, 0.3) is 0 Å². The molecule has 1 saturated heterocycles. The molecule has 130 valence electrons.